The second kappa shape index (κ2) is 9.80. The molecule has 0 atom stereocenters. The number of amides is 1. The number of aryl methyl sites for hydroxylation is 1. The smallest absolute Gasteiger partial charge is 0.338 e. The molecular formula is C20H25N3O5. The molecule has 0 fully saturated rings. The van der Waals surface area contributed by atoms with Crippen molar-refractivity contribution in [2.75, 3.05) is 11.9 Å². The summed E-state index contributed by atoms with van der Waals surface area (Å²) in [5, 5.41) is 16.1. The van der Waals surface area contributed by atoms with Crippen LogP contribution < -0.4 is 10.9 Å². The lowest BCUT2D eigenvalue weighted by atomic mass is 10.1. The fraction of sp³-hybridized carbons (Fsp3) is 0.400. The first-order chi connectivity index (χ1) is 13.4. The van der Waals surface area contributed by atoms with Gasteiger partial charge >= 0.3 is 5.97 Å². The van der Waals surface area contributed by atoms with Crippen molar-refractivity contribution in [3.63, 3.8) is 0 Å². The summed E-state index contributed by atoms with van der Waals surface area (Å²) in [5.41, 5.74) is 1.80. The zero-order valence-electron chi connectivity index (χ0n) is 16.3. The number of hydrogen-bond acceptors (Lipinski definition) is 6. The van der Waals surface area contributed by atoms with Crippen molar-refractivity contribution in [1.29, 1.82) is 0 Å². The molecule has 2 aromatic rings. The van der Waals surface area contributed by atoms with Crippen LogP contribution in [0.1, 0.15) is 46.9 Å². The number of anilines is 1. The van der Waals surface area contributed by atoms with E-state index in [4.69, 9.17) is 4.74 Å². The molecule has 0 aliphatic rings. The van der Waals surface area contributed by atoms with Gasteiger partial charge in [0.25, 0.3) is 5.56 Å². The number of nitrogens with zero attached hydrogens (tertiary/aromatic N) is 2. The molecule has 2 rings (SSSR count). The predicted molar refractivity (Wildman–Crippen MR) is 104 cm³/mol. The van der Waals surface area contributed by atoms with Crippen molar-refractivity contribution >= 4 is 17.6 Å². The number of esters is 1. The lowest BCUT2D eigenvalue weighted by Gasteiger charge is -2.11. The van der Waals surface area contributed by atoms with Crippen LogP contribution in [0.5, 0.6) is 0 Å². The summed E-state index contributed by atoms with van der Waals surface area (Å²) in [6, 6.07) is 6.30. The van der Waals surface area contributed by atoms with Crippen LogP contribution in [0.2, 0.25) is 0 Å². The van der Waals surface area contributed by atoms with Gasteiger partial charge in [0, 0.05) is 11.3 Å². The third-order valence-corrected chi connectivity index (χ3v) is 4.35. The Hall–Kier alpha value is -3.00. The number of aromatic nitrogens is 2. The molecule has 8 nitrogen and oxygen atoms in total. The number of carbonyl (C=O) groups excluding carboxylic acids is 2. The first kappa shape index (κ1) is 21.3. The fourth-order valence-electron chi connectivity index (χ4n) is 2.55. The standard InChI is InChI=1S/C20H25N3O5/c1-4-5-10-28-20(27)15-6-8-16(9-7-15)21-18(25)11-23-19(26)17(12-24)13(2)14(3)22-23/h6-9,24H,4-5,10-12H2,1-3H3,(H,21,25). The van der Waals surface area contributed by atoms with Gasteiger partial charge in [0.2, 0.25) is 5.91 Å². The summed E-state index contributed by atoms with van der Waals surface area (Å²) in [6.07, 6.45) is 1.75. The third kappa shape index (κ3) is 5.26. The van der Waals surface area contributed by atoms with Crippen molar-refractivity contribution in [3.05, 3.63) is 57.0 Å². The average Bonchev–Trinajstić information content (AvgIpc) is 2.67. The second-order valence-electron chi connectivity index (χ2n) is 6.42. The summed E-state index contributed by atoms with van der Waals surface area (Å²) < 4.78 is 6.16. The molecule has 0 aliphatic heterocycles. The maximum atomic E-state index is 12.3. The highest BCUT2D eigenvalue weighted by Gasteiger charge is 2.14. The molecule has 0 radical (unpaired) electrons. The first-order valence-electron chi connectivity index (χ1n) is 9.12. The Kier molecular flexibility index (Phi) is 7.45. The number of benzene rings is 1. The number of nitrogens with one attached hydrogen (secondary N) is 1. The van der Waals surface area contributed by atoms with E-state index in [2.05, 4.69) is 10.4 Å². The van der Waals surface area contributed by atoms with E-state index < -0.39 is 24.0 Å². The van der Waals surface area contributed by atoms with Crippen LogP contribution in [-0.4, -0.2) is 33.4 Å². The molecule has 2 N–H and O–H groups in total. The molecular weight excluding hydrogens is 362 g/mol. The summed E-state index contributed by atoms with van der Waals surface area (Å²) in [4.78, 5) is 36.4. The minimum atomic E-state index is -0.495. The van der Waals surface area contributed by atoms with Gasteiger partial charge in [0.15, 0.2) is 0 Å². The zero-order chi connectivity index (χ0) is 20.7. The van der Waals surface area contributed by atoms with Gasteiger partial charge in [-0.05, 0) is 50.1 Å². The van der Waals surface area contributed by atoms with Crippen molar-refractivity contribution in [3.8, 4) is 0 Å². The Morgan fingerprint density at radius 1 is 1.21 bits per heavy atom. The minimum Gasteiger partial charge on any atom is -0.462 e. The molecule has 1 heterocycles. The molecule has 28 heavy (non-hydrogen) atoms. The van der Waals surface area contributed by atoms with E-state index in [1.165, 1.54) is 0 Å². The number of carbonyl (C=O) groups is 2. The van der Waals surface area contributed by atoms with Crippen molar-refractivity contribution in [2.24, 2.45) is 0 Å². The van der Waals surface area contributed by atoms with Crippen LogP contribution in [-0.2, 0) is 22.7 Å². The molecule has 0 aliphatic carbocycles. The summed E-state index contributed by atoms with van der Waals surface area (Å²) in [5.74, 6) is -0.853. The summed E-state index contributed by atoms with van der Waals surface area (Å²) >= 11 is 0. The molecule has 1 aromatic carbocycles. The molecule has 0 saturated heterocycles. The Balaban J connectivity index is 2.03. The number of hydrogen-bond donors (Lipinski definition) is 2. The molecule has 0 saturated carbocycles. The van der Waals surface area contributed by atoms with E-state index in [0.717, 1.165) is 17.5 Å². The van der Waals surface area contributed by atoms with E-state index in [1.54, 1.807) is 38.1 Å². The molecule has 150 valence electrons. The molecule has 0 spiro atoms. The van der Waals surface area contributed by atoms with E-state index in [1.807, 2.05) is 6.92 Å². The maximum absolute atomic E-state index is 12.3. The van der Waals surface area contributed by atoms with E-state index in [0.29, 0.717) is 29.1 Å². The Morgan fingerprint density at radius 3 is 2.50 bits per heavy atom. The number of ether oxygens (including phenoxy) is 1. The van der Waals surface area contributed by atoms with E-state index in [9.17, 15) is 19.5 Å². The van der Waals surface area contributed by atoms with Gasteiger partial charge in [0.1, 0.15) is 6.54 Å². The quantitative estimate of drug-likeness (QED) is 0.529. The van der Waals surface area contributed by atoms with Crippen molar-refractivity contribution < 1.29 is 19.4 Å². The van der Waals surface area contributed by atoms with Crippen LogP contribution in [0, 0.1) is 13.8 Å². The van der Waals surface area contributed by atoms with Gasteiger partial charge < -0.3 is 15.2 Å². The highest BCUT2D eigenvalue weighted by molar-refractivity contribution is 5.92. The van der Waals surface area contributed by atoms with Gasteiger partial charge in [-0.25, -0.2) is 9.48 Å². The second-order valence-corrected chi connectivity index (χ2v) is 6.42. The number of aliphatic hydroxyl groups excluding tert-OH is 1. The maximum Gasteiger partial charge on any atom is 0.338 e. The normalized spacial score (nSPS) is 10.6. The van der Waals surface area contributed by atoms with E-state index >= 15 is 0 Å². The van der Waals surface area contributed by atoms with Crippen LogP contribution in [0.4, 0.5) is 5.69 Å². The predicted octanol–water partition coefficient (Wildman–Crippen LogP) is 1.95. The third-order valence-electron chi connectivity index (χ3n) is 4.35. The summed E-state index contributed by atoms with van der Waals surface area (Å²) in [7, 11) is 0. The van der Waals surface area contributed by atoms with Crippen LogP contribution in [0.3, 0.4) is 0 Å². The van der Waals surface area contributed by atoms with Crippen LogP contribution in [0.25, 0.3) is 0 Å². The largest absolute Gasteiger partial charge is 0.462 e. The van der Waals surface area contributed by atoms with Gasteiger partial charge in [-0.1, -0.05) is 13.3 Å². The number of aliphatic hydroxyl groups is 1. The highest BCUT2D eigenvalue weighted by Crippen LogP contribution is 2.11. The monoisotopic (exact) mass is 387 g/mol. The Bertz CT molecular complexity index is 903. The van der Waals surface area contributed by atoms with Gasteiger partial charge in [0.05, 0.1) is 24.5 Å². The Morgan fingerprint density at radius 2 is 1.89 bits per heavy atom. The number of rotatable bonds is 8. The fourth-order valence-corrected chi connectivity index (χ4v) is 2.55. The Labute approximate surface area is 163 Å². The van der Waals surface area contributed by atoms with Crippen LogP contribution in [0.15, 0.2) is 29.1 Å². The lowest BCUT2D eigenvalue weighted by molar-refractivity contribution is -0.117. The minimum absolute atomic E-state index is 0.228. The van der Waals surface area contributed by atoms with Gasteiger partial charge in [-0.15, -0.1) is 0 Å². The van der Waals surface area contributed by atoms with Gasteiger partial charge in [-0.2, -0.15) is 5.10 Å². The molecule has 1 amide bonds. The zero-order valence-corrected chi connectivity index (χ0v) is 16.3. The molecule has 0 unspecified atom stereocenters. The molecule has 8 heteroatoms. The highest BCUT2D eigenvalue weighted by atomic mass is 16.5. The summed E-state index contributed by atoms with van der Waals surface area (Å²) in [6.45, 7) is 5.10. The SMILES string of the molecule is CCCCOC(=O)c1ccc(NC(=O)Cn2nc(C)c(C)c(CO)c2=O)cc1. The molecule has 0 bridgehead atoms. The van der Waals surface area contributed by atoms with Crippen molar-refractivity contribution in [1.82, 2.24) is 9.78 Å². The van der Waals surface area contributed by atoms with Crippen molar-refractivity contribution in [2.45, 2.75) is 46.8 Å². The number of unbranched alkanes of at least 4 members (excludes halogenated alkanes) is 1. The lowest BCUT2D eigenvalue weighted by Crippen LogP contribution is -2.33. The van der Waals surface area contributed by atoms with E-state index in [-0.39, 0.29) is 12.1 Å². The topological polar surface area (TPSA) is 111 Å². The molecule has 1 aromatic heterocycles. The average molecular weight is 387 g/mol. The van der Waals surface area contributed by atoms with Gasteiger partial charge in [-0.3, -0.25) is 9.59 Å². The first-order valence-corrected chi connectivity index (χ1v) is 9.12. The van der Waals surface area contributed by atoms with Crippen LogP contribution >= 0.6 is 0 Å².